The number of hydrogen-bond donors (Lipinski definition) is 2. The van der Waals surface area contributed by atoms with Crippen LogP contribution in [0, 0.1) is 11.6 Å². The van der Waals surface area contributed by atoms with E-state index in [4.69, 9.17) is 0 Å². The Hall–Kier alpha value is -1.47. The number of hydrogen-bond acceptors (Lipinski definition) is 4. The molecule has 1 aliphatic carbocycles. The van der Waals surface area contributed by atoms with Crippen LogP contribution in [0.25, 0.3) is 0 Å². The Morgan fingerprint density at radius 3 is 2.81 bits per heavy atom. The van der Waals surface area contributed by atoms with Gasteiger partial charge < -0.3 is 0 Å². The third-order valence-corrected chi connectivity index (χ3v) is 6.04. The molecule has 2 atom stereocenters. The van der Waals surface area contributed by atoms with Gasteiger partial charge in [0.2, 0.25) is 0 Å². The van der Waals surface area contributed by atoms with Gasteiger partial charge in [0.05, 0.1) is 0 Å². The lowest BCUT2D eigenvalue weighted by atomic mass is 9.79. The van der Waals surface area contributed by atoms with Gasteiger partial charge in [-0.1, -0.05) is 18.2 Å². The monoisotopic (exact) mass is 309 g/mol. The smallest absolute Gasteiger partial charge is 0.254 e. The third kappa shape index (κ3) is 1.64. The van der Waals surface area contributed by atoms with E-state index in [0.29, 0.717) is 11.5 Å². The van der Waals surface area contributed by atoms with Crippen molar-refractivity contribution in [3.05, 3.63) is 35.4 Å². The number of hydrazine groups is 1. The summed E-state index contributed by atoms with van der Waals surface area (Å²) in [4.78, 5) is 16.9. The minimum Gasteiger partial charge on any atom is -0.288 e. The van der Waals surface area contributed by atoms with Crippen molar-refractivity contribution in [2.45, 2.75) is 36.1 Å². The average Bonchev–Trinajstić information content (AvgIpc) is 2.93. The molecule has 0 bridgehead atoms. The summed E-state index contributed by atoms with van der Waals surface area (Å²) in [5.41, 5.74) is 5.22. The van der Waals surface area contributed by atoms with Gasteiger partial charge in [-0.05, 0) is 31.4 Å². The zero-order valence-corrected chi connectivity index (χ0v) is 11.9. The summed E-state index contributed by atoms with van der Waals surface area (Å²) in [7, 11) is 0. The first-order valence-electron chi connectivity index (χ1n) is 6.88. The molecule has 0 aromatic heterocycles. The van der Waals surface area contributed by atoms with E-state index in [1.165, 1.54) is 23.9 Å². The number of nitrogens with one attached hydrogen (secondary N) is 2. The van der Waals surface area contributed by atoms with Crippen LogP contribution in [0.15, 0.2) is 23.2 Å². The molecule has 0 spiro atoms. The van der Waals surface area contributed by atoms with Crippen LogP contribution >= 0.6 is 11.8 Å². The highest BCUT2D eigenvalue weighted by atomic mass is 32.2. The molecule has 110 valence electrons. The van der Waals surface area contributed by atoms with Crippen molar-refractivity contribution < 1.29 is 13.6 Å². The highest BCUT2D eigenvalue weighted by molar-refractivity contribution is 8.16. The van der Waals surface area contributed by atoms with Crippen LogP contribution in [-0.4, -0.2) is 21.4 Å². The largest absolute Gasteiger partial charge is 0.288 e. The van der Waals surface area contributed by atoms with Crippen LogP contribution in [0.2, 0.25) is 0 Å². The standard InChI is InChI=1S/C14H13F2N3OS/c15-8-3-4-9(10(16)7-8)11-17-14-6-2-1-5-13(14,21-11)12(20)18-19-14/h3-4,7,19H,1-2,5-6H2,(H,18,20). The van der Waals surface area contributed by atoms with E-state index in [2.05, 4.69) is 15.8 Å². The number of aliphatic imine (C=N–C) groups is 1. The highest BCUT2D eigenvalue weighted by Crippen LogP contribution is 2.55. The maximum absolute atomic E-state index is 14.0. The van der Waals surface area contributed by atoms with Gasteiger partial charge in [-0.25, -0.2) is 14.2 Å². The maximum Gasteiger partial charge on any atom is 0.254 e. The molecule has 4 nitrogen and oxygen atoms in total. The van der Waals surface area contributed by atoms with Crippen molar-refractivity contribution in [1.29, 1.82) is 0 Å². The number of halogens is 2. The van der Waals surface area contributed by atoms with Crippen LogP contribution in [0.1, 0.15) is 31.2 Å². The molecule has 2 unspecified atom stereocenters. The molecule has 21 heavy (non-hydrogen) atoms. The lowest BCUT2D eigenvalue weighted by Crippen LogP contribution is -2.54. The van der Waals surface area contributed by atoms with E-state index in [-0.39, 0.29) is 11.5 Å². The summed E-state index contributed by atoms with van der Waals surface area (Å²) in [6.07, 6.45) is 3.34. The fourth-order valence-corrected chi connectivity index (χ4v) is 4.95. The number of carbonyl (C=O) groups is 1. The molecule has 2 aliphatic heterocycles. The van der Waals surface area contributed by atoms with Crippen LogP contribution in [0.5, 0.6) is 0 Å². The lowest BCUT2D eigenvalue weighted by molar-refractivity contribution is -0.122. The van der Waals surface area contributed by atoms with Crippen molar-refractivity contribution in [3.8, 4) is 0 Å². The van der Waals surface area contributed by atoms with Crippen LogP contribution in [0.3, 0.4) is 0 Å². The molecule has 2 N–H and O–H groups in total. The molecule has 3 aliphatic rings. The zero-order chi connectivity index (χ0) is 14.7. The molecule has 1 saturated heterocycles. The molecule has 7 heteroatoms. The van der Waals surface area contributed by atoms with Gasteiger partial charge in [0.25, 0.3) is 5.91 Å². The van der Waals surface area contributed by atoms with E-state index in [9.17, 15) is 13.6 Å². The van der Waals surface area contributed by atoms with Crippen molar-refractivity contribution in [2.24, 2.45) is 4.99 Å². The second kappa shape index (κ2) is 4.27. The van der Waals surface area contributed by atoms with Crippen molar-refractivity contribution in [2.75, 3.05) is 0 Å². The molecule has 2 fully saturated rings. The molecule has 1 saturated carbocycles. The van der Waals surface area contributed by atoms with Gasteiger partial charge in [0.1, 0.15) is 21.4 Å². The Balaban J connectivity index is 1.81. The number of amides is 1. The third-order valence-electron chi connectivity index (χ3n) is 4.46. The summed E-state index contributed by atoms with van der Waals surface area (Å²) in [6, 6.07) is 3.44. The minimum absolute atomic E-state index is 0.103. The topological polar surface area (TPSA) is 53.5 Å². The Kier molecular flexibility index (Phi) is 2.68. The van der Waals surface area contributed by atoms with Gasteiger partial charge in [-0.2, -0.15) is 0 Å². The Morgan fingerprint density at radius 2 is 2.05 bits per heavy atom. The molecule has 1 aromatic carbocycles. The molecule has 1 aromatic rings. The second-order valence-electron chi connectivity index (χ2n) is 5.62. The molecular formula is C14H13F2N3OS. The quantitative estimate of drug-likeness (QED) is 0.835. The maximum atomic E-state index is 14.0. The average molecular weight is 309 g/mol. The van der Waals surface area contributed by atoms with Gasteiger partial charge in [-0.3, -0.25) is 15.2 Å². The van der Waals surface area contributed by atoms with Gasteiger partial charge in [0, 0.05) is 11.6 Å². The van der Waals surface area contributed by atoms with Gasteiger partial charge >= 0.3 is 0 Å². The normalized spacial score (nSPS) is 34.2. The Labute approximate surface area is 124 Å². The number of thioether (sulfide) groups is 1. The van der Waals surface area contributed by atoms with E-state index in [1.807, 2.05) is 0 Å². The molecule has 4 rings (SSSR count). The van der Waals surface area contributed by atoms with Crippen molar-refractivity contribution in [1.82, 2.24) is 10.9 Å². The van der Waals surface area contributed by atoms with Gasteiger partial charge in [0.15, 0.2) is 5.66 Å². The first-order chi connectivity index (χ1) is 10.1. The van der Waals surface area contributed by atoms with Gasteiger partial charge in [-0.15, -0.1) is 0 Å². The first kappa shape index (κ1) is 13.2. The Morgan fingerprint density at radius 1 is 1.24 bits per heavy atom. The summed E-state index contributed by atoms with van der Waals surface area (Å²) in [6.45, 7) is 0. The SMILES string of the molecule is O=C1NNC23CCCCC12SC(c1ccc(F)cc1F)=N3. The molecule has 1 amide bonds. The fourth-order valence-electron chi connectivity index (χ4n) is 3.38. The van der Waals surface area contributed by atoms with E-state index in [0.717, 1.165) is 25.3 Å². The number of benzene rings is 1. The zero-order valence-electron chi connectivity index (χ0n) is 11.1. The minimum atomic E-state index is -0.707. The number of carbonyl (C=O) groups excluding carboxylic acids is 1. The second-order valence-corrected chi connectivity index (χ2v) is 6.90. The predicted octanol–water partition coefficient (Wildman–Crippen LogP) is 2.10. The lowest BCUT2D eigenvalue weighted by Gasteiger charge is -2.37. The van der Waals surface area contributed by atoms with Crippen LogP contribution in [-0.2, 0) is 4.79 Å². The van der Waals surface area contributed by atoms with E-state index >= 15 is 0 Å². The van der Waals surface area contributed by atoms with Crippen molar-refractivity contribution in [3.63, 3.8) is 0 Å². The Bertz CT molecular complexity index is 680. The fraction of sp³-hybridized carbons (Fsp3) is 0.429. The number of nitrogens with zero attached hydrogens (tertiary/aromatic N) is 1. The van der Waals surface area contributed by atoms with E-state index in [1.54, 1.807) is 0 Å². The van der Waals surface area contributed by atoms with Crippen LogP contribution in [0.4, 0.5) is 8.78 Å². The summed E-state index contributed by atoms with van der Waals surface area (Å²) in [5.74, 6) is -1.37. The summed E-state index contributed by atoms with van der Waals surface area (Å²) < 4.78 is 26.3. The summed E-state index contributed by atoms with van der Waals surface area (Å²) in [5, 5.41) is 0.469. The molecular weight excluding hydrogens is 296 g/mol. The highest BCUT2D eigenvalue weighted by Gasteiger charge is 2.66. The summed E-state index contributed by atoms with van der Waals surface area (Å²) >= 11 is 1.30. The van der Waals surface area contributed by atoms with Crippen molar-refractivity contribution >= 4 is 22.7 Å². The molecule has 2 heterocycles. The van der Waals surface area contributed by atoms with E-state index < -0.39 is 22.0 Å². The van der Waals surface area contributed by atoms with Crippen LogP contribution < -0.4 is 10.9 Å². The number of rotatable bonds is 1. The first-order valence-corrected chi connectivity index (χ1v) is 7.70. The predicted molar refractivity (Wildman–Crippen MR) is 75.7 cm³/mol. The molecule has 0 radical (unpaired) electrons.